The number of anilines is 1. The van der Waals surface area contributed by atoms with Crippen molar-refractivity contribution < 1.29 is 9.59 Å². The number of aromatic nitrogens is 1. The van der Waals surface area contributed by atoms with Gasteiger partial charge in [-0.2, -0.15) is 0 Å². The third-order valence-corrected chi connectivity index (χ3v) is 5.21. The first-order chi connectivity index (χ1) is 12.5. The normalized spacial score (nSPS) is 13.8. The van der Waals surface area contributed by atoms with Crippen LogP contribution in [0.25, 0.3) is 10.9 Å². The summed E-state index contributed by atoms with van der Waals surface area (Å²) in [6.45, 7) is 1.85. The van der Waals surface area contributed by atoms with Crippen LogP contribution in [-0.4, -0.2) is 16.4 Å². The highest BCUT2D eigenvalue weighted by atomic mass is 35.5. The van der Waals surface area contributed by atoms with Crippen LogP contribution in [0.5, 0.6) is 0 Å². The van der Waals surface area contributed by atoms with E-state index in [1.807, 2.05) is 25.1 Å². The van der Waals surface area contributed by atoms with Crippen LogP contribution in [0.15, 0.2) is 42.5 Å². The van der Waals surface area contributed by atoms with Crippen molar-refractivity contribution in [3.05, 3.63) is 63.8 Å². The highest BCUT2D eigenvalue weighted by Crippen LogP contribution is 2.32. The number of aryl methyl sites for hydroxylation is 1. The van der Waals surface area contributed by atoms with Crippen molar-refractivity contribution in [2.75, 3.05) is 5.32 Å². The van der Waals surface area contributed by atoms with Gasteiger partial charge in [-0.3, -0.25) is 14.2 Å². The molecule has 4 nitrogen and oxygen atoms in total. The Hall–Kier alpha value is -2.30. The van der Waals surface area contributed by atoms with Gasteiger partial charge in [0.25, 0.3) is 5.91 Å². The molecule has 3 aromatic rings. The van der Waals surface area contributed by atoms with Crippen LogP contribution in [0.1, 0.15) is 28.9 Å². The maximum absolute atomic E-state index is 13.1. The Bertz CT molecular complexity index is 1030. The van der Waals surface area contributed by atoms with Crippen molar-refractivity contribution in [3.63, 3.8) is 0 Å². The molecule has 1 saturated carbocycles. The fraction of sp³-hybridized carbons (Fsp3) is 0.200. The summed E-state index contributed by atoms with van der Waals surface area (Å²) in [6, 6.07) is 12.4. The second-order valence-electron chi connectivity index (χ2n) is 6.56. The van der Waals surface area contributed by atoms with Crippen LogP contribution >= 0.6 is 23.2 Å². The molecule has 0 aliphatic heterocycles. The lowest BCUT2D eigenvalue weighted by atomic mass is 10.2. The Morgan fingerprint density at radius 2 is 1.77 bits per heavy atom. The minimum atomic E-state index is -0.275. The highest BCUT2D eigenvalue weighted by Gasteiger charge is 2.29. The molecule has 1 N–H and O–H groups in total. The first-order valence-electron chi connectivity index (χ1n) is 8.37. The van der Waals surface area contributed by atoms with Gasteiger partial charge in [-0.15, -0.1) is 0 Å². The Morgan fingerprint density at radius 3 is 2.42 bits per heavy atom. The van der Waals surface area contributed by atoms with Crippen LogP contribution in [-0.2, 0) is 4.79 Å². The number of rotatable bonds is 3. The van der Waals surface area contributed by atoms with Crippen molar-refractivity contribution in [1.29, 1.82) is 0 Å². The van der Waals surface area contributed by atoms with Gasteiger partial charge in [-0.05, 0) is 56.2 Å². The molecular formula is C20H16Cl2N2O2. The van der Waals surface area contributed by atoms with Crippen LogP contribution in [0.4, 0.5) is 5.69 Å². The Morgan fingerprint density at radius 1 is 1.08 bits per heavy atom. The lowest BCUT2D eigenvalue weighted by Crippen LogP contribution is -2.15. The van der Waals surface area contributed by atoms with E-state index in [1.165, 1.54) is 0 Å². The minimum Gasteiger partial charge on any atom is -0.326 e. The van der Waals surface area contributed by atoms with Crippen LogP contribution in [0, 0.1) is 12.8 Å². The predicted molar refractivity (Wildman–Crippen MR) is 104 cm³/mol. The Labute approximate surface area is 160 Å². The highest BCUT2D eigenvalue weighted by molar-refractivity contribution is 6.40. The topological polar surface area (TPSA) is 51.1 Å². The molecule has 2 aromatic carbocycles. The van der Waals surface area contributed by atoms with Crippen LogP contribution in [0.2, 0.25) is 10.0 Å². The van der Waals surface area contributed by atoms with E-state index in [-0.39, 0.29) is 23.3 Å². The zero-order valence-corrected chi connectivity index (χ0v) is 15.6. The first kappa shape index (κ1) is 17.1. The molecule has 6 heteroatoms. The molecule has 132 valence electrons. The molecule has 1 fully saturated rings. The monoisotopic (exact) mass is 386 g/mol. The van der Waals surface area contributed by atoms with Crippen LogP contribution in [0.3, 0.4) is 0 Å². The second-order valence-corrected chi connectivity index (χ2v) is 7.37. The molecular weight excluding hydrogens is 371 g/mol. The fourth-order valence-corrected chi connectivity index (χ4v) is 3.66. The molecule has 4 rings (SSSR count). The number of fused-ring (bicyclic) bond motifs is 1. The third-order valence-electron chi connectivity index (χ3n) is 4.58. The summed E-state index contributed by atoms with van der Waals surface area (Å²) < 4.78 is 1.59. The lowest BCUT2D eigenvalue weighted by molar-refractivity contribution is -0.117. The maximum atomic E-state index is 13.1. The maximum Gasteiger partial charge on any atom is 0.265 e. The summed E-state index contributed by atoms with van der Waals surface area (Å²) in [5.74, 6) is -0.0803. The average molecular weight is 387 g/mol. The average Bonchev–Trinajstić information content (AvgIpc) is 3.37. The Balaban J connectivity index is 1.74. The molecule has 0 spiro atoms. The zero-order valence-electron chi connectivity index (χ0n) is 14.1. The molecule has 0 radical (unpaired) electrons. The van der Waals surface area contributed by atoms with Crippen molar-refractivity contribution in [2.24, 2.45) is 5.92 Å². The van der Waals surface area contributed by atoms with Gasteiger partial charge in [-0.1, -0.05) is 29.3 Å². The minimum absolute atomic E-state index is 0.0550. The summed E-state index contributed by atoms with van der Waals surface area (Å²) in [5.41, 5.74) is 2.52. The third kappa shape index (κ3) is 3.00. The van der Waals surface area contributed by atoms with Gasteiger partial charge in [0.15, 0.2) is 0 Å². The van der Waals surface area contributed by atoms with Crippen molar-refractivity contribution in [1.82, 2.24) is 4.57 Å². The smallest absolute Gasteiger partial charge is 0.265 e. The lowest BCUT2D eigenvalue weighted by Gasteiger charge is -2.10. The molecule has 1 heterocycles. The van der Waals surface area contributed by atoms with E-state index in [4.69, 9.17) is 23.2 Å². The van der Waals surface area contributed by atoms with E-state index in [1.54, 1.807) is 28.8 Å². The number of nitrogens with one attached hydrogen (secondary N) is 1. The number of hydrogen-bond donors (Lipinski definition) is 1. The summed E-state index contributed by atoms with van der Waals surface area (Å²) in [6.07, 6.45) is 1.91. The van der Waals surface area contributed by atoms with E-state index in [0.29, 0.717) is 10.0 Å². The molecule has 1 aromatic heterocycles. The van der Waals surface area contributed by atoms with Gasteiger partial charge in [0, 0.05) is 22.7 Å². The molecule has 0 bridgehead atoms. The Kier molecular flexibility index (Phi) is 4.25. The molecule has 1 aliphatic rings. The predicted octanol–water partition coefficient (Wildman–Crippen LogP) is 5.29. The number of amides is 1. The van der Waals surface area contributed by atoms with Crippen molar-refractivity contribution >= 4 is 51.6 Å². The van der Waals surface area contributed by atoms with Gasteiger partial charge in [0.05, 0.1) is 21.1 Å². The van der Waals surface area contributed by atoms with Crippen molar-refractivity contribution in [3.8, 4) is 0 Å². The number of nitrogens with zero attached hydrogens (tertiary/aromatic N) is 1. The van der Waals surface area contributed by atoms with E-state index in [9.17, 15) is 9.59 Å². The summed E-state index contributed by atoms with van der Waals surface area (Å²) in [7, 11) is 0. The largest absolute Gasteiger partial charge is 0.326 e. The van der Waals surface area contributed by atoms with E-state index in [2.05, 4.69) is 5.32 Å². The number of halogens is 2. The summed E-state index contributed by atoms with van der Waals surface area (Å²) in [5, 5.41) is 4.43. The standard InChI is InChI=1S/C20H16Cl2N2O2/c1-11-9-13-10-14(23-19(25)12-5-6-12)7-8-17(13)24(11)20(26)18-15(21)3-2-4-16(18)22/h2-4,7-10,12H,5-6H2,1H3,(H,23,25). The molecule has 1 aliphatic carbocycles. The van der Waals surface area contributed by atoms with E-state index in [0.717, 1.165) is 35.1 Å². The van der Waals surface area contributed by atoms with Crippen molar-refractivity contribution in [2.45, 2.75) is 19.8 Å². The van der Waals surface area contributed by atoms with Gasteiger partial charge >= 0.3 is 0 Å². The first-order valence-corrected chi connectivity index (χ1v) is 9.13. The number of hydrogen-bond acceptors (Lipinski definition) is 2. The number of carbonyl (C=O) groups is 2. The molecule has 0 saturated heterocycles. The van der Waals surface area contributed by atoms with Gasteiger partial charge in [0.2, 0.25) is 5.91 Å². The van der Waals surface area contributed by atoms with Gasteiger partial charge in [-0.25, -0.2) is 0 Å². The van der Waals surface area contributed by atoms with E-state index >= 15 is 0 Å². The molecule has 26 heavy (non-hydrogen) atoms. The van der Waals surface area contributed by atoms with Gasteiger partial charge < -0.3 is 5.32 Å². The van der Waals surface area contributed by atoms with Crippen LogP contribution < -0.4 is 5.32 Å². The quantitative estimate of drug-likeness (QED) is 0.664. The van der Waals surface area contributed by atoms with Gasteiger partial charge in [0.1, 0.15) is 0 Å². The zero-order chi connectivity index (χ0) is 18.4. The molecule has 1 amide bonds. The number of benzene rings is 2. The SMILES string of the molecule is Cc1cc2cc(NC(=O)C3CC3)ccc2n1C(=O)c1c(Cl)cccc1Cl. The summed E-state index contributed by atoms with van der Waals surface area (Å²) >= 11 is 12.4. The molecule has 0 atom stereocenters. The van der Waals surface area contributed by atoms with E-state index < -0.39 is 0 Å². The summed E-state index contributed by atoms with van der Waals surface area (Å²) in [4.78, 5) is 25.0. The second kappa shape index (κ2) is 6.45. The fourth-order valence-electron chi connectivity index (χ4n) is 3.10. The molecule has 0 unspecified atom stereocenters. The number of carbonyl (C=O) groups excluding carboxylic acids is 2.